The minimum atomic E-state index is -0.0901. The lowest BCUT2D eigenvalue weighted by atomic mass is 9.63. The van der Waals surface area contributed by atoms with E-state index in [9.17, 15) is 4.79 Å². The summed E-state index contributed by atoms with van der Waals surface area (Å²) < 4.78 is 5.65. The number of carbonyl (C=O) groups is 1. The van der Waals surface area contributed by atoms with Gasteiger partial charge in [-0.3, -0.25) is 4.79 Å². The van der Waals surface area contributed by atoms with Gasteiger partial charge in [-0.05, 0) is 56.1 Å². The van der Waals surface area contributed by atoms with Crippen molar-refractivity contribution in [3.63, 3.8) is 0 Å². The summed E-state index contributed by atoms with van der Waals surface area (Å²) in [4.78, 5) is 21.8. The lowest BCUT2D eigenvalue weighted by Crippen LogP contribution is -2.57. The molecular weight excluding hydrogens is 340 g/mol. The number of nitrogens with zero attached hydrogens (tertiary/aromatic N) is 2. The molecule has 0 radical (unpaired) electrons. The van der Waals surface area contributed by atoms with E-state index in [0.29, 0.717) is 30.6 Å². The number of nitrogens with one attached hydrogen (secondary N) is 2. The first-order valence-electron chi connectivity index (χ1n) is 9.78. The van der Waals surface area contributed by atoms with Crippen molar-refractivity contribution in [2.45, 2.75) is 32.1 Å². The summed E-state index contributed by atoms with van der Waals surface area (Å²) in [6, 6.07) is 7.91. The van der Waals surface area contributed by atoms with E-state index in [1.807, 2.05) is 25.1 Å². The van der Waals surface area contributed by atoms with Crippen molar-refractivity contribution in [1.82, 2.24) is 20.6 Å². The predicted molar refractivity (Wildman–Crippen MR) is 104 cm³/mol. The van der Waals surface area contributed by atoms with Crippen LogP contribution in [0.25, 0.3) is 11.3 Å². The molecule has 2 aromatic rings. The topological polar surface area (TPSA) is 76.1 Å². The number of hydrogen-bond acceptors (Lipinski definition) is 5. The van der Waals surface area contributed by atoms with Crippen LogP contribution in [-0.4, -0.2) is 42.1 Å². The number of ether oxygens (including phenoxy) is 1. The van der Waals surface area contributed by atoms with Crippen molar-refractivity contribution >= 4 is 5.91 Å². The highest BCUT2D eigenvalue weighted by Gasteiger charge is 2.46. The third-order valence-corrected chi connectivity index (χ3v) is 5.95. The second kappa shape index (κ2) is 7.27. The van der Waals surface area contributed by atoms with E-state index < -0.39 is 0 Å². The zero-order chi connectivity index (χ0) is 18.9. The lowest BCUT2D eigenvalue weighted by molar-refractivity contribution is 0.0875. The van der Waals surface area contributed by atoms with Crippen LogP contribution in [0.2, 0.25) is 0 Å². The molecule has 2 atom stereocenters. The van der Waals surface area contributed by atoms with E-state index in [4.69, 9.17) is 9.72 Å². The van der Waals surface area contributed by atoms with Gasteiger partial charge in [0.1, 0.15) is 5.69 Å². The van der Waals surface area contributed by atoms with Crippen LogP contribution in [0.1, 0.15) is 42.7 Å². The summed E-state index contributed by atoms with van der Waals surface area (Å²) in [6.45, 7) is 7.31. The van der Waals surface area contributed by atoms with Gasteiger partial charge in [-0.1, -0.05) is 19.4 Å². The molecule has 2 aromatic heterocycles. The summed E-state index contributed by atoms with van der Waals surface area (Å²) >= 11 is 0. The number of carbonyl (C=O) groups excluding carboxylic acids is 1. The van der Waals surface area contributed by atoms with Crippen LogP contribution in [0.5, 0.6) is 5.88 Å². The normalized spacial score (nSPS) is 24.4. The molecular formula is C21H26N4O2. The molecule has 142 valence electrons. The van der Waals surface area contributed by atoms with Crippen molar-refractivity contribution in [1.29, 1.82) is 0 Å². The quantitative estimate of drug-likeness (QED) is 0.870. The average molecular weight is 366 g/mol. The Morgan fingerprint density at radius 3 is 3.00 bits per heavy atom. The van der Waals surface area contributed by atoms with Crippen molar-refractivity contribution in [3.05, 3.63) is 41.7 Å². The molecule has 2 aliphatic heterocycles. The minimum absolute atomic E-state index is 0.0353. The number of amides is 1. The third kappa shape index (κ3) is 2.98. The van der Waals surface area contributed by atoms with Gasteiger partial charge in [0.05, 0.1) is 17.9 Å². The van der Waals surface area contributed by atoms with Crippen molar-refractivity contribution in [3.8, 4) is 17.1 Å². The lowest BCUT2D eigenvalue weighted by Gasteiger charge is -2.47. The van der Waals surface area contributed by atoms with Gasteiger partial charge in [-0.2, -0.15) is 0 Å². The fourth-order valence-electron chi connectivity index (χ4n) is 4.55. The molecule has 27 heavy (non-hydrogen) atoms. The van der Waals surface area contributed by atoms with Crippen LogP contribution in [0.3, 0.4) is 0 Å². The second-order valence-electron chi connectivity index (χ2n) is 7.28. The summed E-state index contributed by atoms with van der Waals surface area (Å²) in [7, 11) is 0. The number of rotatable bonds is 4. The molecule has 0 saturated carbocycles. The van der Waals surface area contributed by atoms with Crippen LogP contribution >= 0.6 is 0 Å². The van der Waals surface area contributed by atoms with Crippen LogP contribution in [0.4, 0.5) is 0 Å². The summed E-state index contributed by atoms with van der Waals surface area (Å²) in [5, 5.41) is 6.61. The van der Waals surface area contributed by atoms with Gasteiger partial charge < -0.3 is 15.4 Å². The van der Waals surface area contributed by atoms with E-state index in [-0.39, 0.29) is 11.3 Å². The van der Waals surface area contributed by atoms with Gasteiger partial charge >= 0.3 is 0 Å². The molecule has 1 fully saturated rings. The molecule has 2 N–H and O–H groups in total. The first-order valence-corrected chi connectivity index (χ1v) is 9.78. The van der Waals surface area contributed by atoms with Crippen LogP contribution in [0.15, 0.2) is 30.5 Å². The Balaban J connectivity index is 1.82. The fourth-order valence-corrected chi connectivity index (χ4v) is 4.55. The van der Waals surface area contributed by atoms with Gasteiger partial charge in [0, 0.05) is 18.2 Å². The Labute approximate surface area is 159 Å². The predicted octanol–water partition coefficient (Wildman–Crippen LogP) is 2.54. The van der Waals surface area contributed by atoms with Crippen molar-refractivity contribution < 1.29 is 9.53 Å². The number of piperidine rings is 1. The number of fused-ring (bicyclic) bond motifs is 2. The van der Waals surface area contributed by atoms with E-state index in [1.165, 1.54) is 0 Å². The molecule has 0 aliphatic carbocycles. The highest BCUT2D eigenvalue weighted by Crippen LogP contribution is 2.43. The SMILES string of the molecule is CCOc1ncccc1-c1ccc2c(n1)C(=O)NC[C@]21CCNC[C@H]1CC. The van der Waals surface area contributed by atoms with Crippen LogP contribution in [0, 0.1) is 5.92 Å². The molecule has 0 unspecified atom stereocenters. The maximum atomic E-state index is 12.7. The van der Waals surface area contributed by atoms with Gasteiger partial charge in [0.15, 0.2) is 0 Å². The molecule has 0 bridgehead atoms. The van der Waals surface area contributed by atoms with E-state index >= 15 is 0 Å². The zero-order valence-electron chi connectivity index (χ0n) is 15.9. The molecule has 2 aliphatic rings. The summed E-state index contributed by atoms with van der Waals surface area (Å²) in [6.07, 6.45) is 3.79. The Morgan fingerprint density at radius 2 is 2.19 bits per heavy atom. The maximum absolute atomic E-state index is 12.7. The van der Waals surface area contributed by atoms with E-state index in [1.54, 1.807) is 6.20 Å². The van der Waals surface area contributed by atoms with E-state index in [0.717, 1.165) is 42.8 Å². The largest absolute Gasteiger partial charge is 0.477 e. The van der Waals surface area contributed by atoms with Gasteiger partial charge in [-0.25, -0.2) is 9.97 Å². The maximum Gasteiger partial charge on any atom is 0.270 e. The monoisotopic (exact) mass is 366 g/mol. The second-order valence-corrected chi connectivity index (χ2v) is 7.28. The van der Waals surface area contributed by atoms with Gasteiger partial charge in [0.25, 0.3) is 5.91 Å². The van der Waals surface area contributed by atoms with Crippen molar-refractivity contribution in [2.75, 3.05) is 26.2 Å². The molecule has 0 aromatic carbocycles. The Hall–Kier alpha value is -2.47. The van der Waals surface area contributed by atoms with Crippen LogP contribution in [-0.2, 0) is 5.41 Å². The highest BCUT2D eigenvalue weighted by atomic mass is 16.5. The molecule has 1 spiro atoms. The Morgan fingerprint density at radius 1 is 1.30 bits per heavy atom. The molecule has 6 nitrogen and oxygen atoms in total. The number of aromatic nitrogens is 2. The molecule has 6 heteroatoms. The average Bonchev–Trinajstić information content (AvgIpc) is 2.72. The first-order chi connectivity index (χ1) is 13.2. The number of hydrogen-bond donors (Lipinski definition) is 2. The highest BCUT2D eigenvalue weighted by molar-refractivity contribution is 5.96. The molecule has 1 saturated heterocycles. The van der Waals surface area contributed by atoms with Gasteiger partial charge in [-0.15, -0.1) is 0 Å². The van der Waals surface area contributed by atoms with E-state index in [2.05, 4.69) is 28.6 Å². The summed E-state index contributed by atoms with van der Waals surface area (Å²) in [5.74, 6) is 0.940. The molecule has 4 heterocycles. The number of pyridine rings is 2. The van der Waals surface area contributed by atoms with Crippen molar-refractivity contribution in [2.24, 2.45) is 5.92 Å². The Kier molecular flexibility index (Phi) is 4.83. The minimum Gasteiger partial charge on any atom is -0.477 e. The van der Waals surface area contributed by atoms with Gasteiger partial charge in [0.2, 0.25) is 5.88 Å². The summed E-state index contributed by atoms with van der Waals surface area (Å²) in [5.41, 5.74) is 3.13. The molecule has 1 amide bonds. The standard InChI is InChI=1S/C21H26N4O2/c1-3-14-12-22-11-9-21(14)13-24-19(26)18-16(21)7-8-17(25-18)15-6-5-10-23-20(15)27-4-2/h5-8,10,14,22H,3-4,9,11-13H2,1-2H3,(H,24,26)/t14-,21+/m1/s1. The first kappa shape index (κ1) is 17.9. The Bertz CT molecular complexity index is 854. The zero-order valence-corrected chi connectivity index (χ0v) is 15.9. The fraction of sp³-hybridized carbons (Fsp3) is 0.476. The third-order valence-electron chi connectivity index (χ3n) is 5.95. The van der Waals surface area contributed by atoms with Crippen LogP contribution < -0.4 is 15.4 Å². The molecule has 4 rings (SSSR count). The smallest absolute Gasteiger partial charge is 0.270 e.